The van der Waals surface area contributed by atoms with Crippen LogP contribution >= 0.6 is 0 Å². The number of benzene rings is 1. The van der Waals surface area contributed by atoms with Gasteiger partial charge in [0.1, 0.15) is 0 Å². The molecule has 0 saturated heterocycles. The molecule has 0 aromatic heterocycles. The normalized spacial score (nSPS) is 13.6. The maximum atomic E-state index is 10.0. The van der Waals surface area contributed by atoms with E-state index in [1.165, 1.54) is 5.56 Å². The summed E-state index contributed by atoms with van der Waals surface area (Å²) < 4.78 is 0. The van der Waals surface area contributed by atoms with Gasteiger partial charge in [0, 0.05) is 0 Å². The molecule has 1 rings (SSSR count). The lowest BCUT2D eigenvalue weighted by Gasteiger charge is -2.26. The molecule has 1 aromatic carbocycles. The van der Waals surface area contributed by atoms with Crippen LogP contribution < -0.4 is 0 Å². The van der Waals surface area contributed by atoms with Crippen LogP contribution in [0.4, 0.5) is 0 Å². The molecule has 0 heterocycles. The Morgan fingerprint density at radius 3 is 2.38 bits per heavy atom. The van der Waals surface area contributed by atoms with Crippen molar-refractivity contribution in [3.8, 4) is 0 Å². The molecular weight excluding hydrogens is 196 g/mol. The molecule has 16 heavy (non-hydrogen) atoms. The molecule has 0 aliphatic rings. The third kappa shape index (κ3) is 3.21. The summed E-state index contributed by atoms with van der Waals surface area (Å²) in [5.41, 5.74) is 3.30. The monoisotopic (exact) mass is 218 g/mol. The quantitative estimate of drug-likeness (QED) is 0.818. The van der Waals surface area contributed by atoms with Crippen LogP contribution in [0.3, 0.4) is 0 Å². The first-order chi connectivity index (χ1) is 7.32. The summed E-state index contributed by atoms with van der Waals surface area (Å²) in [6.07, 6.45) is 0.286. The van der Waals surface area contributed by atoms with E-state index in [1.54, 1.807) is 0 Å². The van der Waals surface area contributed by atoms with Gasteiger partial charge in [-0.3, -0.25) is 0 Å². The van der Waals surface area contributed by atoms with Crippen LogP contribution in [0.1, 0.15) is 38.3 Å². The highest BCUT2D eigenvalue weighted by Crippen LogP contribution is 2.28. The van der Waals surface area contributed by atoms with Crippen molar-refractivity contribution in [3.05, 3.63) is 42.0 Å². The molecule has 1 atom stereocenters. The fraction of sp³-hybridized carbons (Fsp3) is 0.467. The van der Waals surface area contributed by atoms with Gasteiger partial charge in [-0.25, -0.2) is 0 Å². The molecule has 0 saturated carbocycles. The number of aryl methyl sites for hydroxylation is 1. The summed E-state index contributed by atoms with van der Waals surface area (Å²) in [5, 5.41) is 10.0. The second-order valence-electron chi connectivity index (χ2n) is 5.50. The second-order valence-corrected chi connectivity index (χ2v) is 5.50. The Kier molecular flexibility index (Phi) is 3.93. The Morgan fingerprint density at radius 1 is 1.31 bits per heavy atom. The summed E-state index contributed by atoms with van der Waals surface area (Å²) >= 11 is 0. The Labute approximate surface area is 98.8 Å². The van der Waals surface area contributed by atoms with Crippen molar-refractivity contribution in [2.45, 2.75) is 40.2 Å². The highest BCUT2D eigenvalue weighted by molar-refractivity contribution is 5.66. The van der Waals surface area contributed by atoms with Gasteiger partial charge in [0.25, 0.3) is 0 Å². The van der Waals surface area contributed by atoms with Crippen LogP contribution in [0.25, 0.3) is 5.57 Å². The third-order valence-corrected chi connectivity index (χ3v) is 2.97. The first-order valence-corrected chi connectivity index (χ1v) is 5.74. The molecule has 0 fully saturated rings. The van der Waals surface area contributed by atoms with E-state index in [-0.39, 0.29) is 11.5 Å². The molecule has 1 aromatic rings. The summed E-state index contributed by atoms with van der Waals surface area (Å²) in [6.45, 7) is 12.3. The minimum atomic E-state index is -0.348. The van der Waals surface area contributed by atoms with Gasteiger partial charge in [0.2, 0.25) is 0 Å². The standard InChI is InChI=1S/C15H22O/c1-11-8-6-7-9-13(11)12(2)10-14(16)15(3,4)5/h6-9,14,16H,2,10H2,1,3-5H3. The minimum absolute atomic E-state index is 0.0916. The van der Waals surface area contributed by atoms with E-state index < -0.39 is 0 Å². The molecule has 0 bridgehead atoms. The summed E-state index contributed by atoms with van der Waals surface area (Å²) in [6, 6.07) is 8.17. The SMILES string of the molecule is C=C(CC(O)C(C)(C)C)c1ccccc1C. The average molecular weight is 218 g/mol. The Morgan fingerprint density at radius 2 is 1.88 bits per heavy atom. The lowest BCUT2D eigenvalue weighted by atomic mass is 9.84. The zero-order valence-corrected chi connectivity index (χ0v) is 10.7. The number of hydrogen-bond donors (Lipinski definition) is 1. The van der Waals surface area contributed by atoms with E-state index in [9.17, 15) is 5.11 Å². The zero-order chi connectivity index (χ0) is 12.3. The van der Waals surface area contributed by atoms with E-state index in [2.05, 4.69) is 25.6 Å². The van der Waals surface area contributed by atoms with Gasteiger partial charge in [-0.15, -0.1) is 0 Å². The zero-order valence-electron chi connectivity index (χ0n) is 10.7. The molecule has 0 amide bonds. The van der Waals surface area contributed by atoms with E-state index >= 15 is 0 Å². The fourth-order valence-corrected chi connectivity index (χ4v) is 1.62. The van der Waals surface area contributed by atoms with Crippen molar-refractivity contribution >= 4 is 5.57 Å². The smallest absolute Gasteiger partial charge is 0.0628 e. The predicted octanol–water partition coefficient (Wildman–Crippen LogP) is 3.81. The van der Waals surface area contributed by atoms with E-state index in [1.807, 2.05) is 32.9 Å². The van der Waals surface area contributed by atoms with Crippen molar-refractivity contribution in [2.24, 2.45) is 5.41 Å². The largest absolute Gasteiger partial charge is 0.392 e. The first kappa shape index (κ1) is 13.0. The fourth-order valence-electron chi connectivity index (χ4n) is 1.62. The topological polar surface area (TPSA) is 20.2 Å². The number of aliphatic hydroxyl groups is 1. The van der Waals surface area contributed by atoms with Gasteiger partial charge in [0.15, 0.2) is 0 Å². The summed E-state index contributed by atoms with van der Waals surface area (Å²) in [5.74, 6) is 0. The van der Waals surface area contributed by atoms with E-state index in [4.69, 9.17) is 0 Å². The molecule has 0 spiro atoms. The van der Waals surface area contributed by atoms with Crippen LogP contribution in [0.15, 0.2) is 30.8 Å². The summed E-state index contributed by atoms with van der Waals surface area (Å²) in [4.78, 5) is 0. The van der Waals surface area contributed by atoms with Crippen molar-refractivity contribution in [2.75, 3.05) is 0 Å². The molecule has 1 N–H and O–H groups in total. The lowest BCUT2D eigenvalue weighted by Crippen LogP contribution is -2.26. The summed E-state index contributed by atoms with van der Waals surface area (Å²) in [7, 11) is 0. The van der Waals surface area contributed by atoms with Crippen molar-refractivity contribution < 1.29 is 5.11 Å². The van der Waals surface area contributed by atoms with Gasteiger partial charge >= 0.3 is 0 Å². The Hall–Kier alpha value is -1.08. The van der Waals surface area contributed by atoms with Gasteiger partial charge < -0.3 is 5.11 Å². The number of hydrogen-bond acceptors (Lipinski definition) is 1. The van der Waals surface area contributed by atoms with Gasteiger partial charge in [-0.2, -0.15) is 0 Å². The average Bonchev–Trinajstić information content (AvgIpc) is 2.16. The highest BCUT2D eigenvalue weighted by atomic mass is 16.3. The van der Waals surface area contributed by atoms with Crippen LogP contribution in [-0.4, -0.2) is 11.2 Å². The van der Waals surface area contributed by atoms with Crippen molar-refractivity contribution in [3.63, 3.8) is 0 Å². The molecule has 0 radical (unpaired) electrons. The van der Waals surface area contributed by atoms with Gasteiger partial charge in [-0.1, -0.05) is 51.6 Å². The van der Waals surface area contributed by atoms with Crippen molar-refractivity contribution in [1.29, 1.82) is 0 Å². The predicted molar refractivity (Wildman–Crippen MR) is 70.3 cm³/mol. The van der Waals surface area contributed by atoms with E-state index in [0.717, 1.165) is 11.1 Å². The van der Waals surface area contributed by atoms with Crippen LogP contribution in [0.5, 0.6) is 0 Å². The van der Waals surface area contributed by atoms with Crippen molar-refractivity contribution in [1.82, 2.24) is 0 Å². The number of aliphatic hydroxyl groups excluding tert-OH is 1. The maximum absolute atomic E-state index is 10.0. The Bertz CT molecular complexity index is 371. The van der Waals surface area contributed by atoms with Crippen LogP contribution in [-0.2, 0) is 0 Å². The third-order valence-electron chi connectivity index (χ3n) is 2.97. The highest BCUT2D eigenvalue weighted by Gasteiger charge is 2.23. The van der Waals surface area contributed by atoms with E-state index in [0.29, 0.717) is 6.42 Å². The van der Waals surface area contributed by atoms with Gasteiger partial charge in [0.05, 0.1) is 6.10 Å². The molecule has 1 heteroatoms. The molecule has 0 aliphatic heterocycles. The molecule has 1 nitrogen and oxygen atoms in total. The maximum Gasteiger partial charge on any atom is 0.0628 e. The molecule has 0 aliphatic carbocycles. The lowest BCUT2D eigenvalue weighted by molar-refractivity contribution is 0.0679. The molecular formula is C15H22O. The van der Waals surface area contributed by atoms with Crippen LogP contribution in [0.2, 0.25) is 0 Å². The Balaban J connectivity index is 2.78. The minimum Gasteiger partial charge on any atom is -0.392 e. The second kappa shape index (κ2) is 4.84. The molecule has 1 unspecified atom stereocenters. The number of rotatable bonds is 3. The van der Waals surface area contributed by atoms with Gasteiger partial charge in [-0.05, 0) is 35.5 Å². The molecule has 88 valence electrons. The van der Waals surface area contributed by atoms with Crippen LogP contribution in [0, 0.1) is 12.3 Å². The first-order valence-electron chi connectivity index (χ1n) is 5.74.